The van der Waals surface area contributed by atoms with E-state index in [1.54, 1.807) is 0 Å². The van der Waals surface area contributed by atoms with Gasteiger partial charge in [0.25, 0.3) is 5.56 Å². The maximum atomic E-state index is 12.7. The van der Waals surface area contributed by atoms with Crippen LogP contribution in [0.25, 0.3) is 22.4 Å². The van der Waals surface area contributed by atoms with Crippen LogP contribution >= 0.6 is 27.3 Å². The predicted molar refractivity (Wildman–Crippen MR) is 125 cm³/mol. The predicted octanol–water partition coefficient (Wildman–Crippen LogP) is 5.09. The van der Waals surface area contributed by atoms with Gasteiger partial charge in [0.2, 0.25) is 4.96 Å². The Bertz CT molecular complexity index is 1230. The van der Waals surface area contributed by atoms with Crippen molar-refractivity contribution in [3.63, 3.8) is 0 Å². The minimum atomic E-state index is -0.149. The van der Waals surface area contributed by atoms with Gasteiger partial charge in [-0.3, -0.25) is 4.79 Å². The van der Waals surface area contributed by atoms with Crippen molar-refractivity contribution in [3.8, 4) is 17.1 Å². The van der Waals surface area contributed by atoms with E-state index in [1.165, 1.54) is 35.1 Å². The summed E-state index contributed by atoms with van der Waals surface area (Å²) in [6.07, 6.45) is 6.60. The molecule has 0 unspecified atom stereocenters. The lowest BCUT2D eigenvalue weighted by Crippen LogP contribution is -2.23. The Hall–Kier alpha value is -2.51. The molecule has 0 aliphatic rings. The molecule has 0 saturated heterocycles. The number of rotatable bonds is 8. The molecule has 5 nitrogen and oxygen atoms in total. The first-order valence-electron chi connectivity index (χ1n) is 10.0. The molecule has 2 heterocycles. The minimum Gasteiger partial charge on any atom is -0.494 e. The smallest absolute Gasteiger partial charge is 0.291 e. The Labute approximate surface area is 187 Å². The Morgan fingerprint density at radius 1 is 1.07 bits per heavy atom. The Kier molecular flexibility index (Phi) is 6.59. The number of halogens is 1. The van der Waals surface area contributed by atoms with Gasteiger partial charge in [-0.25, -0.2) is 0 Å². The molecular formula is C23H22BrN3O2S. The number of hydrogen-bond donors (Lipinski definition) is 0. The molecule has 4 aromatic rings. The quantitative estimate of drug-likeness (QED) is 0.327. The second kappa shape index (κ2) is 9.53. The monoisotopic (exact) mass is 483 g/mol. The molecule has 0 aliphatic carbocycles. The lowest BCUT2D eigenvalue weighted by atomic mass is 10.2. The molecule has 0 atom stereocenters. The van der Waals surface area contributed by atoms with Crippen molar-refractivity contribution in [2.75, 3.05) is 6.61 Å². The molecule has 7 heteroatoms. The zero-order valence-electron chi connectivity index (χ0n) is 16.7. The summed E-state index contributed by atoms with van der Waals surface area (Å²) in [5.74, 6) is 1.38. The number of fused-ring (bicyclic) bond motifs is 1. The van der Waals surface area contributed by atoms with Crippen LogP contribution in [0, 0.1) is 0 Å². The zero-order chi connectivity index (χ0) is 20.9. The van der Waals surface area contributed by atoms with Gasteiger partial charge in [-0.15, -0.1) is 5.10 Å². The molecule has 0 aliphatic heterocycles. The van der Waals surface area contributed by atoms with Gasteiger partial charge in [0.15, 0.2) is 5.82 Å². The normalized spacial score (nSPS) is 12.0. The summed E-state index contributed by atoms with van der Waals surface area (Å²) in [7, 11) is 0. The van der Waals surface area contributed by atoms with Crippen LogP contribution < -0.4 is 14.8 Å². The third-order valence-electron chi connectivity index (χ3n) is 4.73. The van der Waals surface area contributed by atoms with E-state index in [4.69, 9.17) is 4.74 Å². The molecule has 0 spiro atoms. The number of thiazole rings is 1. The van der Waals surface area contributed by atoms with Crippen LogP contribution in [0.3, 0.4) is 0 Å². The molecule has 0 fully saturated rings. The number of nitrogens with zero attached hydrogens (tertiary/aromatic N) is 3. The van der Waals surface area contributed by atoms with Gasteiger partial charge in [0.05, 0.1) is 11.1 Å². The topological polar surface area (TPSA) is 56.5 Å². The Balaban J connectivity index is 1.50. The highest BCUT2D eigenvalue weighted by Crippen LogP contribution is 2.21. The average Bonchev–Trinajstić information content (AvgIpc) is 3.30. The van der Waals surface area contributed by atoms with E-state index >= 15 is 0 Å². The second-order valence-electron chi connectivity index (χ2n) is 7.03. The molecule has 0 saturated carbocycles. The first-order valence-corrected chi connectivity index (χ1v) is 11.6. The summed E-state index contributed by atoms with van der Waals surface area (Å²) >= 11 is 4.76. The number of unbranched alkanes of at least 4 members (excludes halogenated alkanes) is 3. The van der Waals surface area contributed by atoms with Crippen molar-refractivity contribution in [1.29, 1.82) is 0 Å². The van der Waals surface area contributed by atoms with E-state index in [9.17, 15) is 4.79 Å². The molecule has 4 rings (SSSR count). The van der Waals surface area contributed by atoms with Crippen LogP contribution in [-0.4, -0.2) is 21.2 Å². The molecule has 0 radical (unpaired) electrons. The molecule has 2 aromatic heterocycles. The van der Waals surface area contributed by atoms with Gasteiger partial charge in [0.1, 0.15) is 5.75 Å². The van der Waals surface area contributed by atoms with Crippen LogP contribution in [0.4, 0.5) is 0 Å². The maximum Gasteiger partial charge on any atom is 0.291 e. The summed E-state index contributed by atoms with van der Waals surface area (Å²) < 4.78 is 8.78. The van der Waals surface area contributed by atoms with Gasteiger partial charge >= 0.3 is 0 Å². The Morgan fingerprint density at radius 2 is 1.83 bits per heavy atom. The molecular weight excluding hydrogens is 462 g/mol. The SMILES string of the molecule is CCCCCCOc1ccc(-c2nc3sc(=Cc4ccc(Br)cc4)c(=O)n3n2)cc1. The average molecular weight is 484 g/mol. The van der Waals surface area contributed by atoms with E-state index in [1.807, 2.05) is 54.6 Å². The van der Waals surface area contributed by atoms with Crippen molar-refractivity contribution in [2.45, 2.75) is 32.6 Å². The van der Waals surface area contributed by atoms with Crippen LogP contribution in [-0.2, 0) is 0 Å². The Morgan fingerprint density at radius 3 is 2.53 bits per heavy atom. The number of benzene rings is 2. The van der Waals surface area contributed by atoms with Gasteiger partial charge in [-0.2, -0.15) is 9.50 Å². The standard InChI is InChI=1S/C23H22BrN3O2S/c1-2-3-4-5-14-29-19-12-8-17(9-13-19)21-25-23-27(26-21)22(28)20(30-23)15-16-6-10-18(24)11-7-16/h6-13,15H,2-5,14H2,1H3. The van der Waals surface area contributed by atoms with Crippen LogP contribution in [0.15, 0.2) is 57.8 Å². The first-order chi connectivity index (χ1) is 14.6. The van der Waals surface area contributed by atoms with E-state index in [-0.39, 0.29) is 5.56 Å². The van der Waals surface area contributed by atoms with Gasteiger partial charge in [0, 0.05) is 10.0 Å². The third kappa shape index (κ3) is 4.79. The zero-order valence-corrected chi connectivity index (χ0v) is 19.1. The lowest BCUT2D eigenvalue weighted by molar-refractivity contribution is 0.305. The summed E-state index contributed by atoms with van der Waals surface area (Å²) in [6, 6.07) is 15.5. The summed E-state index contributed by atoms with van der Waals surface area (Å²) in [5, 5.41) is 4.42. The molecule has 0 N–H and O–H groups in total. The lowest BCUT2D eigenvalue weighted by Gasteiger charge is -2.06. The summed E-state index contributed by atoms with van der Waals surface area (Å²) in [6.45, 7) is 2.93. The minimum absolute atomic E-state index is 0.149. The van der Waals surface area contributed by atoms with Crippen molar-refractivity contribution in [1.82, 2.24) is 14.6 Å². The van der Waals surface area contributed by atoms with Gasteiger partial charge < -0.3 is 4.74 Å². The largest absolute Gasteiger partial charge is 0.494 e. The fourth-order valence-electron chi connectivity index (χ4n) is 3.09. The fourth-order valence-corrected chi connectivity index (χ4v) is 4.26. The molecule has 0 bridgehead atoms. The number of aromatic nitrogens is 3. The van der Waals surface area contributed by atoms with Crippen molar-refractivity contribution < 1.29 is 4.74 Å². The van der Waals surface area contributed by atoms with Crippen molar-refractivity contribution in [3.05, 3.63) is 73.5 Å². The summed E-state index contributed by atoms with van der Waals surface area (Å²) in [4.78, 5) is 17.8. The van der Waals surface area contributed by atoms with E-state index < -0.39 is 0 Å². The molecule has 30 heavy (non-hydrogen) atoms. The highest BCUT2D eigenvalue weighted by Gasteiger charge is 2.12. The molecule has 0 amide bonds. The highest BCUT2D eigenvalue weighted by molar-refractivity contribution is 9.10. The van der Waals surface area contributed by atoms with Crippen LogP contribution in [0.1, 0.15) is 38.2 Å². The third-order valence-corrected chi connectivity index (χ3v) is 6.22. The molecule has 2 aromatic carbocycles. The highest BCUT2D eigenvalue weighted by atomic mass is 79.9. The van der Waals surface area contributed by atoms with Crippen molar-refractivity contribution >= 4 is 38.3 Å². The maximum absolute atomic E-state index is 12.7. The van der Waals surface area contributed by atoms with E-state index in [0.29, 0.717) is 15.3 Å². The van der Waals surface area contributed by atoms with E-state index in [0.717, 1.165) is 34.4 Å². The number of ether oxygens (including phenoxy) is 1. The second-order valence-corrected chi connectivity index (χ2v) is 8.96. The first kappa shape index (κ1) is 20.8. The van der Waals surface area contributed by atoms with Crippen LogP contribution in [0.5, 0.6) is 5.75 Å². The van der Waals surface area contributed by atoms with E-state index in [2.05, 4.69) is 32.9 Å². The van der Waals surface area contributed by atoms with Gasteiger partial charge in [-0.1, -0.05) is 65.6 Å². The number of hydrogen-bond acceptors (Lipinski definition) is 5. The summed E-state index contributed by atoms with van der Waals surface area (Å²) in [5.41, 5.74) is 1.68. The van der Waals surface area contributed by atoms with Crippen LogP contribution in [0.2, 0.25) is 0 Å². The van der Waals surface area contributed by atoms with Crippen molar-refractivity contribution in [2.24, 2.45) is 0 Å². The molecule has 154 valence electrons. The fraction of sp³-hybridized carbons (Fsp3) is 0.261. The van der Waals surface area contributed by atoms with Gasteiger partial charge in [-0.05, 0) is 54.5 Å².